The van der Waals surface area contributed by atoms with E-state index < -0.39 is 6.10 Å². The van der Waals surface area contributed by atoms with Crippen LogP contribution in [0.2, 0.25) is 0 Å². The van der Waals surface area contributed by atoms with Gasteiger partial charge in [0.05, 0.1) is 12.7 Å². The molecule has 2 atom stereocenters. The lowest BCUT2D eigenvalue weighted by Crippen LogP contribution is -2.30. The van der Waals surface area contributed by atoms with Gasteiger partial charge in [0.25, 0.3) is 0 Å². The average Bonchev–Trinajstić information content (AvgIpc) is 2.60. The molecule has 1 aliphatic rings. The van der Waals surface area contributed by atoms with Gasteiger partial charge in [-0.1, -0.05) is 42.5 Å². The maximum Gasteiger partial charge on any atom is 0.220 e. The fourth-order valence-electron chi connectivity index (χ4n) is 3.21. The lowest BCUT2D eigenvalue weighted by Gasteiger charge is -2.25. The Morgan fingerprint density at radius 1 is 1.25 bits per heavy atom. The number of rotatable bonds is 5. The second kappa shape index (κ2) is 7.49. The van der Waals surface area contributed by atoms with Crippen molar-refractivity contribution in [1.29, 1.82) is 0 Å². The highest BCUT2D eigenvalue weighted by Gasteiger charge is 2.23. The van der Waals surface area contributed by atoms with Gasteiger partial charge >= 0.3 is 0 Å². The molecule has 0 radical (unpaired) electrons. The summed E-state index contributed by atoms with van der Waals surface area (Å²) in [6, 6.07) is 15.6. The molecule has 2 unspecified atom stereocenters. The molecule has 1 heterocycles. The number of hydrogen-bond acceptors (Lipinski definition) is 3. The summed E-state index contributed by atoms with van der Waals surface area (Å²) in [6.45, 7) is 2.83. The molecule has 126 valence electrons. The number of aryl methyl sites for hydroxylation is 1. The molecule has 1 aliphatic heterocycles. The van der Waals surface area contributed by atoms with Crippen LogP contribution >= 0.6 is 0 Å². The van der Waals surface area contributed by atoms with Crippen LogP contribution in [0.25, 0.3) is 0 Å². The van der Waals surface area contributed by atoms with Gasteiger partial charge in [-0.25, -0.2) is 0 Å². The summed E-state index contributed by atoms with van der Waals surface area (Å²) < 4.78 is 5.63. The highest BCUT2D eigenvalue weighted by Crippen LogP contribution is 2.35. The number of carbonyl (C=O) groups is 1. The Kier molecular flexibility index (Phi) is 5.16. The molecule has 0 aliphatic carbocycles. The van der Waals surface area contributed by atoms with Crippen molar-refractivity contribution in [2.24, 2.45) is 0 Å². The van der Waals surface area contributed by atoms with Crippen LogP contribution in [-0.4, -0.2) is 24.2 Å². The molecule has 24 heavy (non-hydrogen) atoms. The third kappa shape index (κ3) is 3.77. The molecule has 1 amide bonds. The number of amides is 1. The molecule has 0 fully saturated rings. The highest BCUT2D eigenvalue weighted by atomic mass is 16.5. The summed E-state index contributed by atoms with van der Waals surface area (Å²) in [6.07, 6.45) is 0.572. The number of aliphatic hydroxyl groups excluding tert-OH is 1. The van der Waals surface area contributed by atoms with Crippen molar-refractivity contribution in [1.82, 2.24) is 5.32 Å². The van der Waals surface area contributed by atoms with Gasteiger partial charge in [-0.2, -0.15) is 0 Å². The van der Waals surface area contributed by atoms with Gasteiger partial charge in [0, 0.05) is 13.0 Å². The van der Waals surface area contributed by atoms with Crippen LogP contribution in [0.3, 0.4) is 0 Å². The molecule has 3 rings (SSSR count). The zero-order valence-corrected chi connectivity index (χ0v) is 13.9. The number of aliphatic hydroxyl groups is 1. The number of carbonyl (C=O) groups excluding carboxylic acids is 1. The molecule has 2 aromatic rings. The van der Waals surface area contributed by atoms with Crippen molar-refractivity contribution in [3.05, 3.63) is 65.2 Å². The van der Waals surface area contributed by atoms with Gasteiger partial charge in [-0.05, 0) is 42.0 Å². The number of nitrogens with one attached hydrogen (secondary N) is 1. The third-order valence-corrected chi connectivity index (χ3v) is 4.55. The lowest BCUT2D eigenvalue weighted by molar-refractivity contribution is -0.122. The lowest BCUT2D eigenvalue weighted by atomic mass is 9.90. The summed E-state index contributed by atoms with van der Waals surface area (Å²) >= 11 is 0. The number of benzene rings is 2. The molecule has 0 saturated heterocycles. The number of para-hydroxylation sites is 1. The Balaban J connectivity index is 1.56. The molecular formula is C20H23NO3. The van der Waals surface area contributed by atoms with E-state index in [2.05, 4.69) is 5.32 Å². The number of fused-ring (bicyclic) bond motifs is 1. The van der Waals surface area contributed by atoms with Crippen LogP contribution in [0, 0.1) is 6.92 Å². The smallest absolute Gasteiger partial charge is 0.220 e. The van der Waals surface area contributed by atoms with Crippen LogP contribution in [0.15, 0.2) is 48.5 Å². The minimum absolute atomic E-state index is 0.0377. The Morgan fingerprint density at radius 2 is 2.00 bits per heavy atom. The Labute approximate surface area is 142 Å². The van der Waals surface area contributed by atoms with Crippen molar-refractivity contribution in [3.63, 3.8) is 0 Å². The molecule has 0 aromatic heterocycles. The number of ether oxygens (including phenoxy) is 1. The van der Waals surface area contributed by atoms with E-state index in [1.807, 2.05) is 55.5 Å². The minimum Gasteiger partial charge on any atom is -0.493 e. The van der Waals surface area contributed by atoms with Gasteiger partial charge < -0.3 is 15.2 Å². The van der Waals surface area contributed by atoms with Crippen molar-refractivity contribution in [3.8, 4) is 5.75 Å². The first-order valence-electron chi connectivity index (χ1n) is 8.37. The highest BCUT2D eigenvalue weighted by molar-refractivity contribution is 5.77. The molecule has 4 heteroatoms. The Bertz CT molecular complexity index is 714. The summed E-state index contributed by atoms with van der Waals surface area (Å²) in [7, 11) is 0. The maximum atomic E-state index is 12.3. The van der Waals surface area contributed by atoms with Gasteiger partial charge in [-0.15, -0.1) is 0 Å². The van der Waals surface area contributed by atoms with Crippen molar-refractivity contribution in [2.45, 2.75) is 31.8 Å². The fourth-order valence-corrected chi connectivity index (χ4v) is 3.21. The fraction of sp³-hybridized carbons (Fsp3) is 0.350. The first-order chi connectivity index (χ1) is 11.6. The van der Waals surface area contributed by atoms with Gasteiger partial charge in [0.2, 0.25) is 5.91 Å². The predicted octanol–water partition coefficient (Wildman–Crippen LogP) is 3.10. The van der Waals surface area contributed by atoms with Crippen LogP contribution in [0.1, 0.15) is 41.6 Å². The first-order valence-corrected chi connectivity index (χ1v) is 8.37. The van der Waals surface area contributed by atoms with Crippen LogP contribution in [0.5, 0.6) is 5.75 Å². The molecule has 0 bridgehead atoms. The standard InChI is InChI=1S/C20H23NO3/c1-14-6-2-3-7-16(14)18(22)13-21-20(23)12-15-10-11-24-19-9-5-4-8-17(15)19/h2-9,15,18,22H,10-13H2,1H3,(H,21,23). The molecule has 0 saturated carbocycles. The summed E-state index contributed by atoms with van der Waals surface area (Å²) in [5.41, 5.74) is 2.98. The van der Waals surface area contributed by atoms with E-state index in [0.29, 0.717) is 13.0 Å². The monoisotopic (exact) mass is 325 g/mol. The molecule has 2 aromatic carbocycles. The quantitative estimate of drug-likeness (QED) is 0.888. The molecule has 0 spiro atoms. The van der Waals surface area contributed by atoms with Crippen molar-refractivity contribution >= 4 is 5.91 Å². The van der Waals surface area contributed by atoms with E-state index in [0.717, 1.165) is 28.9 Å². The Morgan fingerprint density at radius 3 is 2.83 bits per heavy atom. The summed E-state index contributed by atoms with van der Waals surface area (Å²) in [4.78, 5) is 12.3. The maximum absolute atomic E-state index is 12.3. The summed E-state index contributed by atoms with van der Waals surface area (Å²) in [5.74, 6) is 1.01. The van der Waals surface area contributed by atoms with Gasteiger partial charge in [0.1, 0.15) is 5.75 Å². The third-order valence-electron chi connectivity index (χ3n) is 4.55. The van der Waals surface area contributed by atoms with Crippen LogP contribution < -0.4 is 10.1 Å². The summed E-state index contributed by atoms with van der Waals surface area (Å²) in [5, 5.41) is 13.1. The SMILES string of the molecule is Cc1ccccc1C(O)CNC(=O)CC1CCOc2ccccc21. The van der Waals surface area contributed by atoms with Crippen molar-refractivity contribution in [2.75, 3.05) is 13.2 Å². The van der Waals surface area contributed by atoms with Crippen LogP contribution in [0.4, 0.5) is 0 Å². The predicted molar refractivity (Wildman–Crippen MR) is 93.1 cm³/mol. The van der Waals surface area contributed by atoms with Gasteiger partial charge in [0.15, 0.2) is 0 Å². The van der Waals surface area contributed by atoms with Crippen LogP contribution in [-0.2, 0) is 4.79 Å². The first kappa shape index (κ1) is 16.5. The Hall–Kier alpha value is -2.33. The van der Waals surface area contributed by atoms with E-state index in [9.17, 15) is 9.90 Å². The normalized spacial score (nSPS) is 17.5. The number of hydrogen-bond donors (Lipinski definition) is 2. The molecule has 4 nitrogen and oxygen atoms in total. The minimum atomic E-state index is -0.683. The van der Waals surface area contributed by atoms with E-state index in [1.54, 1.807) is 0 Å². The zero-order valence-electron chi connectivity index (χ0n) is 13.9. The van der Waals surface area contributed by atoms with E-state index in [-0.39, 0.29) is 18.4 Å². The zero-order chi connectivity index (χ0) is 16.9. The van der Waals surface area contributed by atoms with Gasteiger partial charge in [-0.3, -0.25) is 4.79 Å². The van der Waals surface area contributed by atoms with Crippen molar-refractivity contribution < 1.29 is 14.6 Å². The van der Waals surface area contributed by atoms with E-state index >= 15 is 0 Å². The van der Waals surface area contributed by atoms with E-state index in [4.69, 9.17) is 4.74 Å². The molecule has 2 N–H and O–H groups in total. The molecular weight excluding hydrogens is 302 g/mol. The van der Waals surface area contributed by atoms with E-state index in [1.165, 1.54) is 0 Å². The largest absolute Gasteiger partial charge is 0.493 e. The second-order valence-corrected chi connectivity index (χ2v) is 6.25. The average molecular weight is 325 g/mol. The second-order valence-electron chi connectivity index (χ2n) is 6.25. The topological polar surface area (TPSA) is 58.6 Å².